The molecule has 3 amide bonds. The Labute approximate surface area is 266 Å². The van der Waals surface area contributed by atoms with Crippen LogP contribution in [0.3, 0.4) is 0 Å². The number of amides is 3. The normalized spacial score (nSPS) is 15.9. The average molecular weight is 615 g/mol. The Balaban J connectivity index is 1.60. The molecule has 2 N–H and O–H groups in total. The third kappa shape index (κ3) is 6.50. The highest BCUT2D eigenvalue weighted by molar-refractivity contribution is 6.03. The molecule has 1 aromatic heterocycles. The van der Waals surface area contributed by atoms with Crippen molar-refractivity contribution in [1.82, 2.24) is 19.3 Å². The van der Waals surface area contributed by atoms with Gasteiger partial charge in [0.05, 0.1) is 18.2 Å². The fourth-order valence-electron chi connectivity index (χ4n) is 6.66. The van der Waals surface area contributed by atoms with Gasteiger partial charge in [-0.3, -0.25) is 9.59 Å². The van der Waals surface area contributed by atoms with Crippen LogP contribution in [0, 0.1) is 6.92 Å². The zero-order chi connectivity index (χ0) is 32.2. The number of carboxylic acid groups (broad SMARTS) is 1. The van der Waals surface area contributed by atoms with Gasteiger partial charge in [0.25, 0.3) is 11.8 Å². The van der Waals surface area contributed by atoms with Gasteiger partial charge in [0.15, 0.2) is 0 Å². The summed E-state index contributed by atoms with van der Waals surface area (Å²) >= 11 is 0. The van der Waals surface area contributed by atoms with Crippen LogP contribution < -0.4 is 0 Å². The second kappa shape index (κ2) is 13.9. The molecule has 2 aliphatic heterocycles. The standard InChI is InChI=1S/C36H46N4O5/c1-5-7-14-38(15-8-6-2)34(42)30-20-33(37(4)24(30)3)31-18-26-13-16-39(36(44)45)21-28(26)19-32(31)35(43)40-22-27-12-10-9-11-25(27)17-29(40)23-41/h9-12,18-20,29,41H,5-8,13-17,21-23H2,1-4H3,(H,44,45)/t29-/m0/s1. The van der Waals surface area contributed by atoms with Crippen molar-refractivity contribution in [1.29, 1.82) is 0 Å². The van der Waals surface area contributed by atoms with Gasteiger partial charge in [-0.05, 0) is 73.1 Å². The molecule has 1 atom stereocenters. The predicted octanol–water partition coefficient (Wildman–Crippen LogP) is 5.64. The predicted molar refractivity (Wildman–Crippen MR) is 174 cm³/mol. The van der Waals surface area contributed by atoms with E-state index in [1.807, 2.05) is 65.9 Å². The van der Waals surface area contributed by atoms with Crippen LogP contribution in [-0.2, 0) is 33.0 Å². The number of hydrogen-bond acceptors (Lipinski definition) is 4. The van der Waals surface area contributed by atoms with Crippen LogP contribution in [0.5, 0.6) is 0 Å². The van der Waals surface area contributed by atoms with E-state index in [9.17, 15) is 24.6 Å². The largest absolute Gasteiger partial charge is 0.465 e. The van der Waals surface area contributed by atoms with Gasteiger partial charge < -0.3 is 29.5 Å². The number of unbranched alkanes of at least 4 members (excludes halogenated alkanes) is 2. The maximum Gasteiger partial charge on any atom is 0.407 e. The maximum atomic E-state index is 14.6. The molecule has 0 unspecified atom stereocenters. The molecule has 0 saturated carbocycles. The van der Waals surface area contributed by atoms with Crippen LogP contribution in [0.25, 0.3) is 11.3 Å². The van der Waals surface area contributed by atoms with Crippen LogP contribution >= 0.6 is 0 Å². The van der Waals surface area contributed by atoms with Crippen molar-refractivity contribution in [2.24, 2.45) is 7.05 Å². The minimum Gasteiger partial charge on any atom is -0.465 e. The fraction of sp³-hybridized carbons (Fsp3) is 0.472. The quantitative estimate of drug-likeness (QED) is 0.308. The van der Waals surface area contributed by atoms with Crippen LogP contribution in [0.4, 0.5) is 4.79 Å². The van der Waals surface area contributed by atoms with E-state index >= 15 is 0 Å². The lowest BCUT2D eigenvalue weighted by molar-refractivity contribution is 0.0544. The third-order valence-electron chi connectivity index (χ3n) is 9.57. The van der Waals surface area contributed by atoms with Crippen LogP contribution in [0.2, 0.25) is 0 Å². The maximum absolute atomic E-state index is 14.6. The molecule has 0 saturated heterocycles. The van der Waals surface area contributed by atoms with Crippen molar-refractivity contribution in [2.45, 2.75) is 78.4 Å². The third-order valence-corrected chi connectivity index (χ3v) is 9.57. The van der Waals surface area contributed by atoms with E-state index in [0.717, 1.165) is 64.9 Å². The molecule has 0 fully saturated rings. The number of benzene rings is 2. The molecule has 2 aromatic carbocycles. The van der Waals surface area contributed by atoms with Gasteiger partial charge in [-0.2, -0.15) is 0 Å². The first kappa shape index (κ1) is 32.3. The minimum atomic E-state index is -0.984. The Hall–Kier alpha value is -4.11. The number of hydrogen-bond donors (Lipinski definition) is 2. The molecule has 0 aliphatic carbocycles. The molecule has 2 aliphatic rings. The first-order valence-electron chi connectivity index (χ1n) is 16.3. The van der Waals surface area contributed by atoms with Gasteiger partial charge in [-0.25, -0.2) is 4.79 Å². The molecule has 3 aromatic rings. The molecular formula is C36H46N4O5. The van der Waals surface area contributed by atoms with Crippen molar-refractivity contribution in [3.63, 3.8) is 0 Å². The summed E-state index contributed by atoms with van der Waals surface area (Å²) < 4.78 is 1.99. The number of aliphatic hydroxyl groups is 1. The van der Waals surface area contributed by atoms with Crippen molar-refractivity contribution in [2.75, 3.05) is 26.2 Å². The highest BCUT2D eigenvalue weighted by Gasteiger charge is 2.33. The summed E-state index contributed by atoms with van der Waals surface area (Å²) in [7, 11) is 1.93. The molecule has 5 rings (SSSR count). The number of fused-ring (bicyclic) bond motifs is 2. The highest BCUT2D eigenvalue weighted by atomic mass is 16.4. The number of carbonyl (C=O) groups is 3. The zero-order valence-electron chi connectivity index (χ0n) is 27.0. The topological polar surface area (TPSA) is 106 Å². The lowest BCUT2D eigenvalue weighted by Gasteiger charge is -2.37. The van der Waals surface area contributed by atoms with Crippen LogP contribution in [0.15, 0.2) is 42.5 Å². The lowest BCUT2D eigenvalue weighted by atomic mass is 9.89. The molecule has 240 valence electrons. The van der Waals surface area contributed by atoms with E-state index in [1.165, 1.54) is 4.90 Å². The Morgan fingerprint density at radius 1 is 0.911 bits per heavy atom. The van der Waals surface area contributed by atoms with E-state index in [2.05, 4.69) is 13.8 Å². The SMILES string of the molecule is CCCCN(CCCC)C(=O)c1cc(-c2cc3c(cc2C(=O)N2Cc4ccccc4C[C@H]2CO)CN(C(=O)O)CC3)n(C)c1C. The number of carbonyl (C=O) groups excluding carboxylic acids is 2. The number of rotatable bonds is 10. The van der Waals surface area contributed by atoms with Crippen molar-refractivity contribution < 1.29 is 24.6 Å². The second-order valence-electron chi connectivity index (χ2n) is 12.4. The van der Waals surface area contributed by atoms with Gasteiger partial charge in [0, 0.05) is 62.3 Å². The first-order chi connectivity index (χ1) is 21.7. The van der Waals surface area contributed by atoms with Gasteiger partial charge in [0.1, 0.15) is 0 Å². The summed E-state index contributed by atoms with van der Waals surface area (Å²) in [5.74, 6) is -0.208. The Morgan fingerprint density at radius 3 is 2.24 bits per heavy atom. The Morgan fingerprint density at radius 2 is 1.60 bits per heavy atom. The molecule has 9 nitrogen and oxygen atoms in total. The Kier molecular flexibility index (Phi) is 9.97. The number of nitrogens with zero attached hydrogens (tertiary/aromatic N) is 4. The molecular weight excluding hydrogens is 568 g/mol. The lowest BCUT2D eigenvalue weighted by Crippen LogP contribution is -2.46. The van der Waals surface area contributed by atoms with Gasteiger partial charge in [-0.1, -0.05) is 51.0 Å². The first-order valence-corrected chi connectivity index (χ1v) is 16.3. The van der Waals surface area contributed by atoms with Crippen molar-refractivity contribution in [3.8, 4) is 11.3 Å². The van der Waals surface area contributed by atoms with Gasteiger partial charge in [-0.15, -0.1) is 0 Å². The summed E-state index contributed by atoms with van der Waals surface area (Å²) in [4.78, 5) is 45.4. The molecule has 3 heterocycles. The smallest absolute Gasteiger partial charge is 0.407 e. The minimum absolute atomic E-state index is 0.00664. The summed E-state index contributed by atoms with van der Waals surface area (Å²) in [5, 5.41) is 20.1. The van der Waals surface area contributed by atoms with Crippen molar-refractivity contribution >= 4 is 17.9 Å². The van der Waals surface area contributed by atoms with Crippen LogP contribution in [0.1, 0.15) is 88.2 Å². The number of aliphatic hydroxyl groups excluding tert-OH is 1. The van der Waals surface area contributed by atoms with Crippen LogP contribution in [-0.4, -0.2) is 79.7 Å². The summed E-state index contributed by atoms with van der Waals surface area (Å²) in [6.07, 6.45) is 4.00. The Bertz CT molecular complexity index is 1570. The molecule has 0 radical (unpaired) electrons. The van der Waals surface area contributed by atoms with E-state index < -0.39 is 6.09 Å². The van der Waals surface area contributed by atoms with Gasteiger partial charge >= 0.3 is 6.09 Å². The van der Waals surface area contributed by atoms with Crippen molar-refractivity contribution in [3.05, 3.63) is 81.5 Å². The van der Waals surface area contributed by atoms with Gasteiger partial charge in [0.2, 0.25) is 0 Å². The number of aromatic nitrogens is 1. The van der Waals surface area contributed by atoms with E-state index in [0.29, 0.717) is 50.1 Å². The average Bonchev–Trinajstić information content (AvgIpc) is 3.35. The fourth-order valence-corrected chi connectivity index (χ4v) is 6.66. The molecule has 45 heavy (non-hydrogen) atoms. The molecule has 9 heteroatoms. The summed E-state index contributed by atoms with van der Waals surface area (Å²) in [5.41, 5.74) is 7.39. The summed E-state index contributed by atoms with van der Waals surface area (Å²) in [6.45, 7) is 8.41. The van der Waals surface area contributed by atoms with E-state index in [-0.39, 0.29) is 31.0 Å². The monoisotopic (exact) mass is 614 g/mol. The zero-order valence-corrected chi connectivity index (χ0v) is 27.0. The van der Waals surface area contributed by atoms with E-state index in [1.54, 1.807) is 4.90 Å². The summed E-state index contributed by atoms with van der Waals surface area (Å²) in [6, 6.07) is 13.4. The molecule has 0 spiro atoms. The van der Waals surface area contributed by atoms with E-state index in [4.69, 9.17) is 0 Å². The highest BCUT2D eigenvalue weighted by Crippen LogP contribution is 2.35. The molecule has 0 bridgehead atoms. The second-order valence-corrected chi connectivity index (χ2v) is 12.4.